The van der Waals surface area contributed by atoms with Crippen molar-refractivity contribution in [2.24, 2.45) is 0 Å². The zero-order valence-corrected chi connectivity index (χ0v) is 11.0. The van der Waals surface area contributed by atoms with Crippen molar-refractivity contribution in [2.45, 2.75) is 6.92 Å². The molecule has 0 atom stereocenters. The molecule has 2 aromatic rings. The lowest BCUT2D eigenvalue weighted by molar-refractivity contribution is 0.0951. The number of hydrogen-bond donors (Lipinski definition) is 3. The van der Waals surface area contributed by atoms with Gasteiger partial charge in [0, 0.05) is 6.54 Å². The molecule has 0 saturated heterocycles. The number of nitrogens with one attached hydrogen (secondary N) is 3. The third-order valence-corrected chi connectivity index (χ3v) is 2.64. The van der Waals surface area contributed by atoms with Gasteiger partial charge in [0.05, 0.1) is 11.9 Å². The molecule has 1 heterocycles. The minimum atomic E-state index is -1.00. The van der Waals surface area contributed by atoms with Crippen LogP contribution >= 0.6 is 0 Å². The molecule has 0 aliphatic heterocycles. The maximum Gasteiger partial charge on any atom is 0.271 e. The van der Waals surface area contributed by atoms with E-state index in [2.05, 4.69) is 20.8 Å². The average molecular weight is 294 g/mol. The van der Waals surface area contributed by atoms with Gasteiger partial charge in [-0.05, 0) is 19.1 Å². The smallest absolute Gasteiger partial charge is 0.271 e. The van der Waals surface area contributed by atoms with Crippen molar-refractivity contribution in [1.82, 2.24) is 15.5 Å². The molecule has 2 rings (SSSR count). The van der Waals surface area contributed by atoms with E-state index in [0.717, 1.165) is 18.2 Å². The molecule has 0 aliphatic carbocycles. The van der Waals surface area contributed by atoms with Crippen molar-refractivity contribution in [3.8, 4) is 0 Å². The number of rotatable bonds is 4. The van der Waals surface area contributed by atoms with Crippen molar-refractivity contribution in [1.29, 1.82) is 0 Å². The quantitative estimate of drug-likeness (QED) is 0.802. The van der Waals surface area contributed by atoms with Gasteiger partial charge in [-0.25, -0.2) is 8.78 Å². The van der Waals surface area contributed by atoms with Crippen LogP contribution in [0.3, 0.4) is 0 Å². The Bertz CT molecular complexity index is 664. The fourth-order valence-corrected chi connectivity index (χ4v) is 1.70. The van der Waals surface area contributed by atoms with E-state index in [1.807, 2.05) is 0 Å². The largest absolute Gasteiger partial charge is 0.351 e. The number of H-pyrrole nitrogens is 1. The first-order chi connectivity index (χ1) is 10.0. The highest BCUT2D eigenvalue weighted by molar-refractivity contribution is 6.08. The minimum absolute atomic E-state index is 0.00180. The van der Waals surface area contributed by atoms with Crippen LogP contribution < -0.4 is 10.6 Å². The van der Waals surface area contributed by atoms with Gasteiger partial charge in [-0.2, -0.15) is 5.10 Å². The zero-order chi connectivity index (χ0) is 15.4. The van der Waals surface area contributed by atoms with Gasteiger partial charge in [-0.3, -0.25) is 14.7 Å². The second-order valence-corrected chi connectivity index (χ2v) is 4.07. The van der Waals surface area contributed by atoms with E-state index >= 15 is 0 Å². The van der Waals surface area contributed by atoms with Gasteiger partial charge >= 0.3 is 0 Å². The van der Waals surface area contributed by atoms with Gasteiger partial charge in [0.15, 0.2) is 0 Å². The van der Waals surface area contributed by atoms with Crippen LogP contribution in [0.5, 0.6) is 0 Å². The number of carbonyl (C=O) groups excluding carboxylic acids is 2. The molecule has 1 aromatic heterocycles. The number of aromatic amines is 1. The molecule has 0 spiro atoms. The fraction of sp³-hybridized carbons (Fsp3) is 0.154. The Morgan fingerprint density at radius 3 is 2.52 bits per heavy atom. The van der Waals surface area contributed by atoms with Gasteiger partial charge in [-0.15, -0.1) is 0 Å². The lowest BCUT2D eigenvalue weighted by atomic mass is 10.2. The molecule has 21 heavy (non-hydrogen) atoms. The molecular formula is C13H12F2N4O2. The SMILES string of the molecule is CCNC(=O)c1[nH]ncc1NC(=O)c1c(F)cccc1F. The highest BCUT2D eigenvalue weighted by Crippen LogP contribution is 2.17. The number of halogens is 2. The summed E-state index contributed by atoms with van der Waals surface area (Å²) in [4.78, 5) is 23.6. The summed E-state index contributed by atoms with van der Waals surface area (Å²) >= 11 is 0. The lowest BCUT2D eigenvalue weighted by Crippen LogP contribution is -2.25. The van der Waals surface area contributed by atoms with Gasteiger partial charge < -0.3 is 10.6 Å². The van der Waals surface area contributed by atoms with Gasteiger partial charge in [-0.1, -0.05) is 6.07 Å². The van der Waals surface area contributed by atoms with Gasteiger partial charge in [0.2, 0.25) is 0 Å². The van der Waals surface area contributed by atoms with Crippen LogP contribution in [0.1, 0.15) is 27.8 Å². The molecule has 0 aliphatic rings. The zero-order valence-electron chi connectivity index (χ0n) is 11.0. The first kappa shape index (κ1) is 14.6. The highest BCUT2D eigenvalue weighted by atomic mass is 19.1. The van der Waals surface area contributed by atoms with Crippen LogP contribution in [0.4, 0.5) is 14.5 Å². The molecule has 110 valence electrons. The van der Waals surface area contributed by atoms with Gasteiger partial charge in [0.1, 0.15) is 22.9 Å². The molecule has 0 radical (unpaired) electrons. The van der Waals surface area contributed by atoms with E-state index < -0.39 is 29.0 Å². The lowest BCUT2D eigenvalue weighted by Gasteiger charge is -2.07. The van der Waals surface area contributed by atoms with E-state index in [1.165, 1.54) is 6.20 Å². The molecule has 6 nitrogen and oxygen atoms in total. The maximum atomic E-state index is 13.5. The first-order valence-electron chi connectivity index (χ1n) is 6.11. The van der Waals surface area contributed by atoms with Crippen molar-refractivity contribution < 1.29 is 18.4 Å². The third kappa shape index (κ3) is 3.04. The maximum absolute atomic E-state index is 13.5. The molecule has 0 fully saturated rings. The predicted octanol–water partition coefficient (Wildman–Crippen LogP) is 1.69. The van der Waals surface area contributed by atoms with Crippen molar-refractivity contribution in [3.05, 3.63) is 47.3 Å². The molecule has 0 bridgehead atoms. The summed E-state index contributed by atoms with van der Waals surface area (Å²) in [5.41, 5.74) is -0.684. The highest BCUT2D eigenvalue weighted by Gasteiger charge is 2.20. The topological polar surface area (TPSA) is 86.9 Å². The summed E-state index contributed by atoms with van der Waals surface area (Å²) in [6.07, 6.45) is 1.18. The Morgan fingerprint density at radius 1 is 1.24 bits per heavy atom. The summed E-state index contributed by atoms with van der Waals surface area (Å²) in [5.74, 6) is -3.47. The van der Waals surface area contributed by atoms with Crippen molar-refractivity contribution in [2.75, 3.05) is 11.9 Å². The number of anilines is 1. The minimum Gasteiger partial charge on any atom is -0.351 e. The summed E-state index contributed by atoms with van der Waals surface area (Å²) in [6, 6.07) is 3.09. The molecule has 0 unspecified atom stereocenters. The summed E-state index contributed by atoms with van der Waals surface area (Å²) < 4.78 is 27.0. The molecule has 0 saturated carbocycles. The molecule has 1 aromatic carbocycles. The number of aromatic nitrogens is 2. The summed E-state index contributed by atoms with van der Waals surface area (Å²) in [7, 11) is 0. The number of nitrogens with zero attached hydrogens (tertiary/aromatic N) is 1. The second kappa shape index (κ2) is 6.12. The molecular weight excluding hydrogens is 282 g/mol. The van der Waals surface area contributed by atoms with Crippen LogP contribution in [0.15, 0.2) is 24.4 Å². The predicted molar refractivity (Wildman–Crippen MR) is 70.9 cm³/mol. The molecule has 3 N–H and O–H groups in total. The van der Waals surface area contributed by atoms with Crippen LogP contribution in [-0.4, -0.2) is 28.6 Å². The Labute approximate surface area is 118 Å². The van der Waals surface area contributed by atoms with Crippen LogP contribution in [0.2, 0.25) is 0 Å². The van der Waals surface area contributed by atoms with E-state index in [9.17, 15) is 18.4 Å². The monoisotopic (exact) mass is 294 g/mol. The van der Waals surface area contributed by atoms with E-state index in [4.69, 9.17) is 0 Å². The van der Waals surface area contributed by atoms with E-state index in [1.54, 1.807) is 6.92 Å². The number of carbonyl (C=O) groups is 2. The number of amides is 2. The molecule has 8 heteroatoms. The number of benzene rings is 1. The first-order valence-corrected chi connectivity index (χ1v) is 6.11. The van der Waals surface area contributed by atoms with Crippen LogP contribution in [-0.2, 0) is 0 Å². The number of hydrogen-bond acceptors (Lipinski definition) is 3. The van der Waals surface area contributed by atoms with Crippen molar-refractivity contribution >= 4 is 17.5 Å². The second-order valence-electron chi connectivity index (χ2n) is 4.07. The average Bonchev–Trinajstić information content (AvgIpc) is 2.87. The standard InChI is InChI=1S/C13H12F2N4O2/c1-2-16-13(21)11-9(6-17-19-11)18-12(20)10-7(14)4-3-5-8(10)15/h3-6H,2H2,1H3,(H,16,21)(H,17,19)(H,18,20). The summed E-state index contributed by atoms with van der Waals surface area (Å²) in [6.45, 7) is 2.11. The Hall–Kier alpha value is -2.77. The van der Waals surface area contributed by atoms with E-state index in [-0.39, 0.29) is 11.4 Å². The third-order valence-electron chi connectivity index (χ3n) is 2.64. The Kier molecular flexibility index (Phi) is 4.27. The normalized spacial score (nSPS) is 10.2. The van der Waals surface area contributed by atoms with Gasteiger partial charge in [0.25, 0.3) is 11.8 Å². The van der Waals surface area contributed by atoms with Crippen LogP contribution in [0, 0.1) is 11.6 Å². The Morgan fingerprint density at radius 2 is 1.90 bits per heavy atom. The van der Waals surface area contributed by atoms with Crippen LogP contribution in [0.25, 0.3) is 0 Å². The van der Waals surface area contributed by atoms with Crippen molar-refractivity contribution in [3.63, 3.8) is 0 Å². The fourth-order valence-electron chi connectivity index (χ4n) is 1.70. The Balaban J connectivity index is 2.25. The molecule has 2 amide bonds. The summed E-state index contributed by atoms with van der Waals surface area (Å²) in [5, 5.41) is 10.8. The van der Waals surface area contributed by atoms with E-state index in [0.29, 0.717) is 6.54 Å².